The number of hydrogen-bond donors (Lipinski definition) is 0. The molecule has 0 saturated carbocycles. The fourth-order valence-electron chi connectivity index (χ4n) is 3.07. The molecule has 2 heterocycles. The van der Waals surface area contributed by atoms with Crippen LogP contribution in [0.4, 0.5) is 0 Å². The zero-order valence-electron chi connectivity index (χ0n) is 14.2. The highest BCUT2D eigenvalue weighted by Gasteiger charge is 2.30. The molecule has 0 spiro atoms. The number of methoxy groups -OCH3 is 1. The zero-order chi connectivity index (χ0) is 16.9. The highest BCUT2D eigenvalue weighted by Crippen LogP contribution is 2.29. The molecule has 6 nitrogen and oxygen atoms in total. The van der Waals surface area contributed by atoms with Gasteiger partial charge in [0.05, 0.1) is 13.0 Å². The number of amides is 1. The van der Waals surface area contributed by atoms with E-state index < -0.39 is 0 Å². The van der Waals surface area contributed by atoms with Crippen molar-refractivity contribution in [2.45, 2.75) is 45.1 Å². The van der Waals surface area contributed by atoms with Gasteiger partial charge in [-0.3, -0.25) is 4.79 Å². The fourth-order valence-corrected chi connectivity index (χ4v) is 3.07. The smallest absolute Gasteiger partial charge is 0.231 e. The van der Waals surface area contributed by atoms with E-state index in [1.165, 1.54) is 0 Å². The average Bonchev–Trinajstić information content (AvgIpc) is 3.06. The number of hydrogen-bond acceptors (Lipinski definition) is 5. The van der Waals surface area contributed by atoms with Crippen molar-refractivity contribution < 1.29 is 14.1 Å². The van der Waals surface area contributed by atoms with Crippen molar-refractivity contribution in [3.63, 3.8) is 0 Å². The molecule has 1 aromatic carbocycles. The number of carbonyl (C=O) groups is 1. The molecule has 1 amide bonds. The van der Waals surface area contributed by atoms with Crippen LogP contribution in [-0.4, -0.2) is 34.6 Å². The molecule has 1 aliphatic heterocycles. The minimum Gasteiger partial charge on any atom is -0.496 e. The lowest BCUT2D eigenvalue weighted by Gasteiger charge is -2.31. The summed E-state index contributed by atoms with van der Waals surface area (Å²) >= 11 is 0. The molecule has 1 aromatic heterocycles. The third kappa shape index (κ3) is 3.58. The average molecular weight is 329 g/mol. The van der Waals surface area contributed by atoms with Crippen molar-refractivity contribution in [3.05, 3.63) is 41.5 Å². The number of aryl methyl sites for hydroxylation is 1. The highest BCUT2D eigenvalue weighted by molar-refractivity contribution is 5.77. The van der Waals surface area contributed by atoms with Crippen molar-refractivity contribution in [2.75, 3.05) is 13.7 Å². The first kappa shape index (κ1) is 16.5. The van der Waals surface area contributed by atoms with E-state index in [1.807, 2.05) is 29.2 Å². The van der Waals surface area contributed by atoms with Crippen LogP contribution in [-0.2, 0) is 17.8 Å². The van der Waals surface area contributed by atoms with E-state index in [-0.39, 0.29) is 11.8 Å². The Morgan fingerprint density at radius 3 is 3.00 bits per heavy atom. The van der Waals surface area contributed by atoms with Crippen molar-refractivity contribution in [1.82, 2.24) is 15.0 Å². The van der Waals surface area contributed by atoms with Crippen LogP contribution in [0, 0.1) is 0 Å². The Hall–Kier alpha value is -2.37. The van der Waals surface area contributed by atoms with Crippen molar-refractivity contribution >= 4 is 5.91 Å². The van der Waals surface area contributed by atoms with Gasteiger partial charge in [-0.2, -0.15) is 4.98 Å². The Labute approximate surface area is 141 Å². The number of para-hydroxylation sites is 1. The predicted octanol–water partition coefficient (Wildman–Crippen LogP) is 2.94. The first-order valence-corrected chi connectivity index (χ1v) is 8.43. The maximum absolute atomic E-state index is 12.3. The summed E-state index contributed by atoms with van der Waals surface area (Å²) in [7, 11) is 1.65. The molecule has 128 valence electrons. The first-order valence-electron chi connectivity index (χ1n) is 8.43. The summed E-state index contributed by atoms with van der Waals surface area (Å²) in [6.07, 6.45) is 3.07. The number of aromatic nitrogens is 2. The monoisotopic (exact) mass is 329 g/mol. The van der Waals surface area contributed by atoms with Crippen LogP contribution in [0.25, 0.3) is 0 Å². The topological polar surface area (TPSA) is 68.5 Å². The number of likely N-dealkylation sites (tertiary alicyclic amines) is 1. The molecule has 0 N–H and O–H groups in total. The molecule has 1 fully saturated rings. The van der Waals surface area contributed by atoms with Crippen LogP contribution in [0.1, 0.15) is 49.4 Å². The zero-order valence-corrected chi connectivity index (χ0v) is 14.2. The van der Waals surface area contributed by atoms with Gasteiger partial charge in [0, 0.05) is 31.5 Å². The Balaban J connectivity index is 1.72. The summed E-state index contributed by atoms with van der Waals surface area (Å²) in [6.45, 7) is 3.23. The summed E-state index contributed by atoms with van der Waals surface area (Å²) in [5, 5.41) is 4.03. The first-order chi connectivity index (χ1) is 11.7. The molecule has 0 radical (unpaired) electrons. The molecular weight excluding hydrogens is 306 g/mol. The molecule has 1 saturated heterocycles. The summed E-state index contributed by atoms with van der Waals surface area (Å²) in [4.78, 5) is 18.6. The summed E-state index contributed by atoms with van der Waals surface area (Å²) in [6, 6.07) is 7.79. The molecular formula is C18H23N3O3. The third-order valence-corrected chi connectivity index (χ3v) is 4.36. The number of piperidine rings is 1. The lowest BCUT2D eigenvalue weighted by atomic mass is 9.97. The second-order valence-corrected chi connectivity index (χ2v) is 6.12. The third-order valence-electron chi connectivity index (χ3n) is 4.36. The van der Waals surface area contributed by atoms with Gasteiger partial charge in [0.1, 0.15) is 5.75 Å². The van der Waals surface area contributed by atoms with Crippen LogP contribution in [0.5, 0.6) is 5.75 Å². The Bertz CT molecular complexity index is 698. The van der Waals surface area contributed by atoms with Gasteiger partial charge in [0.15, 0.2) is 5.82 Å². The van der Waals surface area contributed by atoms with E-state index in [0.717, 1.165) is 36.4 Å². The highest BCUT2D eigenvalue weighted by atomic mass is 16.5. The number of benzene rings is 1. The fraction of sp³-hybridized carbons (Fsp3) is 0.500. The summed E-state index contributed by atoms with van der Waals surface area (Å²) in [5.74, 6) is 2.47. The van der Waals surface area contributed by atoms with E-state index in [1.54, 1.807) is 7.11 Å². The van der Waals surface area contributed by atoms with E-state index in [9.17, 15) is 4.79 Å². The number of rotatable bonds is 6. The van der Waals surface area contributed by atoms with Crippen molar-refractivity contribution in [3.8, 4) is 5.75 Å². The van der Waals surface area contributed by atoms with Gasteiger partial charge < -0.3 is 14.2 Å². The van der Waals surface area contributed by atoms with Gasteiger partial charge in [-0.25, -0.2) is 0 Å². The summed E-state index contributed by atoms with van der Waals surface area (Å²) < 4.78 is 10.8. The minimum absolute atomic E-state index is 0.107. The number of nitrogens with zero attached hydrogens (tertiary/aromatic N) is 3. The van der Waals surface area contributed by atoms with Crippen LogP contribution in [0.15, 0.2) is 28.8 Å². The maximum atomic E-state index is 12.3. The van der Waals surface area contributed by atoms with Gasteiger partial charge >= 0.3 is 0 Å². The second kappa shape index (κ2) is 7.47. The number of ether oxygens (including phenoxy) is 1. The van der Waals surface area contributed by atoms with E-state index in [0.29, 0.717) is 25.4 Å². The van der Waals surface area contributed by atoms with Crippen LogP contribution in [0.3, 0.4) is 0 Å². The molecule has 6 heteroatoms. The molecule has 2 aromatic rings. The maximum Gasteiger partial charge on any atom is 0.231 e. The van der Waals surface area contributed by atoms with E-state index >= 15 is 0 Å². The van der Waals surface area contributed by atoms with Crippen LogP contribution in [0.2, 0.25) is 0 Å². The normalized spacial score (nSPS) is 18.0. The number of carbonyl (C=O) groups excluding carboxylic acids is 1. The minimum atomic E-state index is 0.107. The van der Waals surface area contributed by atoms with Crippen LogP contribution >= 0.6 is 0 Å². The van der Waals surface area contributed by atoms with Gasteiger partial charge in [-0.15, -0.1) is 0 Å². The predicted molar refractivity (Wildman–Crippen MR) is 88.7 cm³/mol. The lowest BCUT2D eigenvalue weighted by molar-refractivity contribution is -0.134. The van der Waals surface area contributed by atoms with Gasteiger partial charge in [-0.05, 0) is 18.9 Å². The van der Waals surface area contributed by atoms with E-state index in [2.05, 4.69) is 17.1 Å². The molecule has 0 bridgehead atoms. The lowest BCUT2D eigenvalue weighted by Crippen LogP contribution is -2.38. The molecule has 0 aliphatic carbocycles. The van der Waals surface area contributed by atoms with Gasteiger partial charge in [-0.1, -0.05) is 30.3 Å². The van der Waals surface area contributed by atoms with Gasteiger partial charge in [0.2, 0.25) is 11.8 Å². The SMILES string of the molecule is CCCc1noc([C@@H]2CCC(=O)N(Cc3ccccc3OC)C2)n1. The van der Waals surface area contributed by atoms with Crippen molar-refractivity contribution in [2.24, 2.45) is 0 Å². The molecule has 1 atom stereocenters. The van der Waals surface area contributed by atoms with E-state index in [4.69, 9.17) is 9.26 Å². The largest absolute Gasteiger partial charge is 0.496 e. The molecule has 3 rings (SSSR count). The van der Waals surface area contributed by atoms with Crippen molar-refractivity contribution in [1.29, 1.82) is 0 Å². The second-order valence-electron chi connectivity index (χ2n) is 6.12. The summed E-state index contributed by atoms with van der Waals surface area (Å²) in [5.41, 5.74) is 1.01. The molecule has 0 unspecified atom stereocenters. The standard InChI is InChI=1S/C18H23N3O3/c1-3-6-16-19-18(24-20-16)14-9-10-17(22)21(12-14)11-13-7-4-5-8-15(13)23-2/h4-5,7-8,14H,3,6,9-12H2,1-2H3/t14-/m1/s1. The quantitative estimate of drug-likeness (QED) is 0.815. The Morgan fingerprint density at radius 2 is 2.21 bits per heavy atom. The van der Waals surface area contributed by atoms with Gasteiger partial charge in [0.25, 0.3) is 0 Å². The molecule has 24 heavy (non-hydrogen) atoms. The Kier molecular flexibility index (Phi) is 5.13. The molecule has 1 aliphatic rings. The van der Waals surface area contributed by atoms with Crippen LogP contribution < -0.4 is 4.74 Å². The Morgan fingerprint density at radius 1 is 1.38 bits per heavy atom.